The molecule has 7 nitrogen and oxygen atoms in total. The van der Waals surface area contributed by atoms with Gasteiger partial charge in [-0.3, -0.25) is 9.48 Å². The predicted molar refractivity (Wildman–Crippen MR) is 61.8 cm³/mol. The van der Waals surface area contributed by atoms with Gasteiger partial charge in [0, 0.05) is 26.0 Å². The topological polar surface area (TPSA) is 104 Å². The second kappa shape index (κ2) is 4.36. The summed E-state index contributed by atoms with van der Waals surface area (Å²) in [5, 5.41) is 8.64. The standard InChI is InChI=1S/C10H15N3O4S/c1-6(14)17-10(7-3-4-7)8-5-9(12-13(8)2)18(11,15)16/h5,7,10H,3-4H2,1-2H3,(H2,11,15,16). The molecule has 2 N–H and O–H groups in total. The number of hydrogen-bond acceptors (Lipinski definition) is 5. The molecule has 1 atom stereocenters. The number of rotatable bonds is 4. The van der Waals surface area contributed by atoms with Crippen molar-refractivity contribution >= 4 is 16.0 Å². The summed E-state index contributed by atoms with van der Waals surface area (Å²) in [5.41, 5.74) is 0.553. The van der Waals surface area contributed by atoms with Gasteiger partial charge in [0.2, 0.25) is 0 Å². The molecule has 1 aliphatic carbocycles. The Kier molecular flexibility index (Phi) is 3.16. The van der Waals surface area contributed by atoms with E-state index in [1.54, 1.807) is 7.05 Å². The highest BCUT2D eigenvalue weighted by Gasteiger charge is 2.37. The van der Waals surface area contributed by atoms with Crippen molar-refractivity contribution in [3.05, 3.63) is 11.8 Å². The van der Waals surface area contributed by atoms with E-state index >= 15 is 0 Å². The van der Waals surface area contributed by atoms with E-state index in [9.17, 15) is 13.2 Å². The third-order valence-electron chi connectivity index (χ3n) is 2.82. The van der Waals surface area contributed by atoms with Crippen molar-refractivity contribution in [2.24, 2.45) is 18.1 Å². The largest absolute Gasteiger partial charge is 0.456 e. The first kappa shape index (κ1) is 13.0. The minimum Gasteiger partial charge on any atom is -0.456 e. The van der Waals surface area contributed by atoms with Crippen LogP contribution in [0.4, 0.5) is 0 Å². The van der Waals surface area contributed by atoms with Crippen LogP contribution in [0.2, 0.25) is 0 Å². The SMILES string of the molecule is CC(=O)OC(c1cc(S(N)(=O)=O)nn1C)C1CC1. The van der Waals surface area contributed by atoms with Crippen molar-refractivity contribution in [1.82, 2.24) is 9.78 Å². The first-order valence-corrected chi connectivity index (χ1v) is 7.07. The number of carbonyl (C=O) groups excluding carboxylic acids is 1. The van der Waals surface area contributed by atoms with Crippen molar-refractivity contribution < 1.29 is 17.9 Å². The molecule has 0 bridgehead atoms. The van der Waals surface area contributed by atoms with Crippen LogP contribution in [-0.4, -0.2) is 24.2 Å². The third-order valence-corrected chi connectivity index (χ3v) is 3.60. The molecule has 1 aromatic rings. The quantitative estimate of drug-likeness (QED) is 0.782. The normalized spacial score (nSPS) is 17.5. The highest BCUT2D eigenvalue weighted by atomic mass is 32.2. The molecule has 1 heterocycles. The van der Waals surface area contributed by atoms with Crippen LogP contribution < -0.4 is 5.14 Å². The second-order valence-electron chi connectivity index (χ2n) is 4.44. The molecule has 2 rings (SSSR count). The van der Waals surface area contributed by atoms with Gasteiger partial charge < -0.3 is 4.74 Å². The molecule has 0 spiro atoms. The minimum atomic E-state index is -3.84. The first-order valence-electron chi connectivity index (χ1n) is 5.53. The van der Waals surface area contributed by atoms with E-state index in [4.69, 9.17) is 9.88 Å². The van der Waals surface area contributed by atoms with E-state index in [2.05, 4.69) is 5.10 Å². The zero-order valence-corrected chi connectivity index (χ0v) is 11.0. The summed E-state index contributed by atoms with van der Waals surface area (Å²) in [6.45, 7) is 1.33. The molecule has 1 fully saturated rings. The van der Waals surface area contributed by atoms with Crippen molar-refractivity contribution in [1.29, 1.82) is 0 Å². The van der Waals surface area contributed by atoms with Crippen LogP contribution >= 0.6 is 0 Å². The van der Waals surface area contributed by atoms with Gasteiger partial charge in [0.25, 0.3) is 10.0 Å². The Morgan fingerprint density at radius 2 is 2.22 bits per heavy atom. The molecule has 0 aromatic carbocycles. The summed E-state index contributed by atoms with van der Waals surface area (Å²) in [4.78, 5) is 11.1. The van der Waals surface area contributed by atoms with Gasteiger partial charge in [-0.15, -0.1) is 0 Å². The van der Waals surface area contributed by atoms with Gasteiger partial charge in [0.15, 0.2) is 5.03 Å². The number of hydrogen-bond donors (Lipinski definition) is 1. The van der Waals surface area contributed by atoms with Gasteiger partial charge in [0.05, 0.1) is 5.69 Å². The molecule has 1 unspecified atom stereocenters. The number of sulfonamides is 1. The van der Waals surface area contributed by atoms with Gasteiger partial charge in [-0.1, -0.05) is 0 Å². The van der Waals surface area contributed by atoms with Crippen LogP contribution in [0, 0.1) is 5.92 Å². The molecule has 1 aromatic heterocycles. The Labute approximate surface area is 105 Å². The third kappa shape index (κ3) is 2.70. The fourth-order valence-corrected chi connectivity index (χ4v) is 2.36. The molecule has 0 aliphatic heterocycles. The maximum absolute atomic E-state index is 11.2. The molecule has 1 saturated carbocycles. The van der Waals surface area contributed by atoms with Gasteiger partial charge in [0.1, 0.15) is 6.10 Å². The minimum absolute atomic E-state index is 0.210. The lowest BCUT2D eigenvalue weighted by Gasteiger charge is -2.16. The summed E-state index contributed by atoms with van der Waals surface area (Å²) >= 11 is 0. The van der Waals surface area contributed by atoms with Crippen LogP contribution in [0.5, 0.6) is 0 Å². The number of nitrogens with two attached hydrogens (primary N) is 1. The average molecular weight is 273 g/mol. The number of aromatic nitrogens is 2. The van der Waals surface area contributed by atoms with E-state index in [0.29, 0.717) is 5.69 Å². The Morgan fingerprint density at radius 1 is 1.61 bits per heavy atom. The van der Waals surface area contributed by atoms with E-state index in [1.807, 2.05) is 0 Å². The lowest BCUT2D eigenvalue weighted by atomic mass is 10.1. The van der Waals surface area contributed by atoms with Crippen LogP contribution in [0.1, 0.15) is 31.6 Å². The summed E-state index contributed by atoms with van der Waals surface area (Å²) in [6.07, 6.45) is 1.46. The smallest absolute Gasteiger partial charge is 0.303 e. The molecule has 8 heteroatoms. The average Bonchev–Trinajstić information content (AvgIpc) is 2.97. The molecular formula is C10H15N3O4S. The molecule has 1 aliphatic rings. The lowest BCUT2D eigenvalue weighted by molar-refractivity contribution is -0.148. The second-order valence-corrected chi connectivity index (χ2v) is 5.95. The first-order chi connectivity index (χ1) is 8.29. The number of esters is 1. The van der Waals surface area contributed by atoms with Gasteiger partial charge in [-0.25, -0.2) is 13.6 Å². The van der Waals surface area contributed by atoms with Gasteiger partial charge >= 0.3 is 5.97 Å². The number of carbonyl (C=O) groups is 1. The summed E-state index contributed by atoms with van der Waals surface area (Å²) < 4.78 is 29.1. The molecule has 0 amide bonds. The van der Waals surface area contributed by atoms with Crippen molar-refractivity contribution in [2.45, 2.75) is 30.9 Å². The zero-order valence-electron chi connectivity index (χ0n) is 10.2. The van der Waals surface area contributed by atoms with Gasteiger partial charge in [-0.2, -0.15) is 5.10 Å². The summed E-state index contributed by atoms with van der Waals surface area (Å²) in [6, 6.07) is 1.36. The maximum atomic E-state index is 11.2. The molecule has 100 valence electrons. The van der Waals surface area contributed by atoms with Crippen LogP contribution in [0.3, 0.4) is 0 Å². The fraction of sp³-hybridized carbons (Fsp3) is 0.600. The van der Waals surface area contributed by atoms with Crippen molar-refractivity contribution in [3.8, 4) is 0 Å². The lowest BCUT2D eigenvalue weighted by Crippen LogP contribution is -2.14. The van der Waals surface area contributed by atoms with Crippen LogP contribution in [0.25, 0.3) is 0 Å². The van der Waals surface area contributed by atoms with E-state index in [0.717, 1.165) is 12.8 Å². The number of primary sulfonamides is 1. The Bertz CT molecular complexity index is 574. The maximum Gasteiger partial charge on any atom is 0.303 e. The Balaban J connectivity index is 2.36. The predicted octanol–water partition coefficient (Wildman–Crippen LogP) is 0.0817. The molecule has 0 radical (unpaired) electrons. The van der Waals surface area contributed by atoms with Crippen molar-refractivity contribution in [3.63, 3.8) is 0 Å². The van der Waals surface area contributed by atoms with Crippen LogP contribution in [-0.2, 0) is 26.6 Å². The molecule has 18 heavy (non-hydrogen) atoms. The summed E-state index contributed by atoms with van der Waals surface area (Å²) in [5.74, 6) is -0.164. The van der Waals surface area contributed by atoms with E-state index in [-0.39, 0.29) is 10.9 Å². The van der Waals surface area contributed by atoms with E-state index < -0.39 is 22.1 Å². The summed E-state index contributed by atoms with van der Waals surface area (Å²) in [7, 11) is -2.24. The molecule has 0 saturated heterocycles. The van der Waals surface area contributed by atoms with Gasteiger partial charge in [-0.05, 0) is 12.8 Å². The monoisotopic (exact) mass is 273 g/mol. The Morgan fingerprint density at radius 3 is 2.61 bits per heavy atom. The number of ether oxygens (including phenoxy) is 1. The fourth-order valence-electron chi connectivity index (χ4n) is 1.84. The number of aryl methyl sites for hydroxylation is 1. The van der Waals surface area contributed by atoms with Crippen LogP contribution in [0.15, 0.2) is 11.1 Å². The highest BCUT2D eigenvalue weighted by molar-refractivity contribution is 7.89. The van der Waals surface area contributed by atoms with E-state index in [1.165, 1.54) is 17.7 Å². The number of nitrogens with zero attached hydrogens (tertiary/aromatic N) is 2. The van der Waals surface area contributed by atoms with Crippen molar-refractivity contribution in [2.75, 3.05) is 0 Å². The molecular weight excluding hydrogens is 258 g/mol. The Hall–Kier alpha value is -1.41. The zero-order chi connectivity index (χ0) is 13.5. The highest BCUT2D eigenvalue weighted by Crippen LogP contribution is 2.43.